The number of rotatable bonds is 9. The molecule has 1 atom stereocenters. The summed E-state index contributed by atoms with van der Waals surface area (Å²) in [4.78, 5) is 12.8. The molecule has 0 saturated carbocycles. The molecule has 0 spiro atoms. The summed E-state index contributed by atoms with van der Waals surface area (Å²) in [6, 6.07) is 6.19. The van der Waals surface area contributed by atoms with Gasteiger partial charge in [-0.15, -0.1) is 0 Å². The van der Waals surface area contributed by atoms with Gasteiger partial charge in [-0.2, -0.15) is 0 Å². The number of nitrogens with one attached hydrogen (secondary N) is 1. The second-order valence-electron chi connectivity index (χ2n) is 7.93. The molecule has 1 aliphatic rings. The van der Waals surface area contributed by atoms with Crippen molar-refractivity contribution in [1.82, 2.24) is 13.9 Å². The van der Waals surface area contributed by atoms with Crippen LogP contribution in [-0.2, 0) is 24.8 Å². The number of unbranched alkanes of at least 4 members (excludes halogenated alkanes) is 1. The normalized spacial score (nSPS) is 17.8. The van der Waals surface area contributed by atoms with Gasteiger partial charge < -0.3 is 5.32 Å². The van der Waals surface area contributed by atoms with Gasteiger partial charge in [0.05, 0.1) is 16.7 Å². The summed E-state index contributed by atoms with van der Waals surface area (Å²) in [5, 5.41) is 2.97. The maximum Gasteiger partial charge on any atom is 0.242 e. The summed E-state index contributed by atoms with van der Waals surface area (Å²) in [5.74, 6) is -0.159. The molecule has 30 heavy (non-hydrogen) atoms. The van der Waals surface area contributed by atoms with Gasteiger partial charge in [-0.25, -0.2) is 25.4 Å². The zero-order valence-corrected chi connectivity index (χ0v) is 19.8. The highest BCUT2D eigenvalue weighted by atomic mass is 32.2. The van der Waals surface area contributed by atoms with Crippen LogP contribution in [0.15, 0.2) is 29.2 Å². The molecule has 1 saturated heterocycles. The number of carbonyl (C=O) groups is 1. The minimum Gasteiger partial charge on any atom is -0.349 e. The first kappa shape index (κ1) is 24.8. The Morgan fingerprint density at radius 2 is 1.70 bits per heavy atom. The predicted octanol–water partition coefficient (Wildman–Crippen LogP) is 1.96. The standard InChI is InChI=1S/C20H33N3O5S2/c1-5-6-15-29(25,26)23-13-11-18(12-14-23)20(24)21-16(2)17-7-9-19(10-8-17)30(27,28)22(3)4/h7-10,16,18H,5-6,11-15H2,1-4H3,(H,21,24). The van der Waals surface area contributed by atoms with Gasteiger partial charge in [0.2, 0.25) is 26.0 Å². The second-order valence-corrected chi connectivity index (χ2v) is 12.2. The molecule has 0 aliphatic carbocycles. The predicted molar refractivity (Wildman–Crippen MR) is 117 cm³/mol. The molecule has 0 aromatic heterocycles. The lowest BCUT2D eigenvalue weighted by Gasteiger charge is -2.31. The Kier molecular flexibility index (Phi) is 8.43. The van der Waals surface area contributed by atoms with E-state index in [0.717, 1.165) is 16.3 Å². The Morgan fingerprint density at radius 3 is 2.20 bits per heavy atom. The van der Waals surface area contributed by atoms with Crippen LogP contribution in [0.1, 0.15) is 51.1 Å². The summed E-state index contributed by atoms with van der Waals surface area (Å²) in [6.45, 7) is 4.55. The number of hydrogen-bond acceptors (Lipinski definition) is 5. The molecule has 1 fully saturated rings. The van der Waals surface area contributed by atoms with Crippen molar-refractivity contribution in [1.29, 1.82) is 0 Å². The molecular weight excluding hydrogens is 426 g/mol. The Labute approximate surface area is 180 Å². The molecule has 1 unspecified atom stereocenters. The van der Waals surface area contributed by atoms with E-state index in [1.807, 2.05) is 13.8 Å². The van der Waals surface area contributed by atoms with Crippen molar-refractivity contribution >= 4 is 26.0 Å². The Hall–Kier alpha value is -1.49. The summed E-state index contributed by atoms with van der Waals surface area (Å²) in [7, 11) is -3.77. The van der Waals surface area contributed by atoms with Crippen LogP contribution in [0.3, 0.4) is 0 Å². The summed E-state index contributed by atoms with van der Waals surface area (Å²) in [5.41, 5.74) is 0.806. The van der Waals surface area contributed by atoms with Crippen LogP contribution in [0.25, 0.3) is 0 Å². The van der Waals surface area contributed by atoms with Crippen molar-refractivity contribution < 1.29 is 21.6 Å². The van der Waals surface area contributed by atoms with Gasteiger partial charge in [0.15, 0.2) is 0 Å². The molecule has 1 heterocycles. The third-order valence-electron chi connectivity index (χ3n) is 5.49. The summed E-state index contributed by atoms with van der Waals surface area (Å²) in [6.07, 6.45) is 2.49. The van der Waals surface area contributed by atoms with Crippen molar-refractivity contribution in [2.45, 2.75) is 50.5 Å². The third kappa shape index (κ3) is 6.03. The lowest BCUT2D eigenvalue weighted by molar-refractivity contribution is -0.126. The SMILES string of the molecule is CCCCS(=O)(=O)N1CCC(C(=O)NC(C)c2ccc(S(=O)(=O)N(C)C)cc2)CC1. The van der Waals surface area contributed by atoms with E-state index in [0.29, 0.717) is 32.4 Å². The van der Waals surface area contributed by atoms with Gasteiger partial charge in [-0.3, -0.25) is 4.79 Å². The average molecular weight is 460 g/mol. The van der Waals surface area contributed by atoms with Crippen molar-refractivity contribution in [2.75, 3.05) is 32.9 Å². The van der Waals surface area contributed by atoms with Crippen LogP contribution in [0.2, 0.25) is 0 Å². The lowest BCUT2D eigenvalue weighted by atomic mass is 9.96. The zero-order valence-electron chi connectivity index (χ0n) is 18.2. The molecule has 0 bridgehead atoms. The van der Waals surface area contributed by atoms with Crippen molar-refractivity contribution in [3.8, 4) is 0 Å². The molecule has 0 radical (unpaired) electrons. The van der Waals surface area contributed by atoms with Gasteiger partial charge in [0.25, 0.3) is 0 Å². The number of benzene rings is 1. The number of carbonyl (C=O) groups excluding carboxylic acids is 1. The topological polar surface area (TPSA) is 104 Å². The monoisotopic (exact) mass is 459 g/mol. The minimum absolute atomic E-state index is 0.0990. The van der Waals surface area contributed by atoms with E-state index < -0.39 is 20.0 Å². The smallest absolute Gasteiger partial charge is 0.242 e. The molecule has 10 heteroatoms. The fourth-order valence-electron chi connectivity index (χ4n) is 3.41. The van der Waals surface area contributed by atoms with Crippen LogP contribution in [0.5, 0.6) is 0 Å². The number of sulfonamides is 2. The van der Waals surface area contributed by atoms with Crippen LogP contribution in [0.4, 0.5) is 0 Å². The quantitative estimate of drug-likeness (QED) is 0.608. The maximum absolute atomic E-state index is 12.6. The first-order valence-electron chi connectivity index (χ1n) is 10.3. The molecule has 8 nitrogen and oxygen atoms in total. The van der Waals surface area contributed by atoms with E-state index >= 15 is 0 Å². The number of hydrogen-bond donors (Lipinski definition) is 1. The fraction of sp³-hybridized carbons (Fsp3) is 0.650. The molecule has 2 rings (SSSR count). The summed E-state index contributed by atoms with van der Waals surface area (Å²) < 4.78 is 51.6. The van der Waals surface area contributed by atoms with Crippen LogP contribution in [0, 0.1) is 5.92 Å². The molecule has 1 aromatic rings. The molecule has 1 aromatic carbocycles. The zero-order chi connectivity index (χ0) is 22.5. The second kappa shape index (κ2) is 10.2. The molecular formula is C20H33N3O5S2. The van der Waals surface area contributed by atoms with Gasteiger partial charge in [0, 0.05) is 33.1 Å². The summed E-state index contributed by atoms with van der Waals surface area (Å²) >= 11 is 0. The van der Waals surface area contributed by atoms with E-state index in [2.05, 4.69) is 5.32 Å². The van der Waals surface area contributed by atoms with E-state index in [1.165, 1.54) is 30.5 Å². The van der Waals surface area contributed by atoms with E-state index in [9.17, 15) is 21.6 Å². The molecule has 1 amide bonds. The van der Waals surface area contributed by atoms with Gasteiger partial charge >= 0.3 is 0 Å². The Morgan fingerprint density at radius 1 is 1.13 bits per heavy atom. The van der Waals surface area contributed by atoms with Crippen molar-refractivity contribution in [3.05, 3.63) is 29.8 Å². The largest absolute Gasteiger partial charge is 0.349 e. The number of nitrogens with zero attached hydrogens (tertiary/aromatic N) is 2. The van der Waals surface area contributed by atoms with E-state index in [-0.39, 0.29) is 28.5 Å². The first-order valence-corrected chi connectivity index (χ1v) is 13.3. The highest BCUT2D eigenvalue weighted by Gasteiger charge is 2.31. The van der Waals surface area contributed by atoms with Gasteiger partial charge in [0.1, 0.15) is 0 Å². The van der Waals surface area contributed by atoms with Crippen molar-refractivity contribution in [3.63, 3.8) is 0 Å². The average Bonchev–Trinajstić information content (AvgIpc) is 2.72. The number of piperidine rings is 1. The molecule has 170 valence electrons. The van der Waals surface area contributed by atoms with Crippen LogP contribution < -0.4 is 5.32 Å². The maximum atomic E-state index is 12.6. The van der Waals surface area contributed by atoms with E-state index in [4.69, 9.17) is 0 Å². The Balaban J connectivity index is 1.92. The molecule has 1 N–H and O–H groups in total. The van der Waals surface area contributed by atoms with Gasteiger partial charge in [-0.1, -0.05) is 25.5 Å². The highest BCUT2D eigenvalue weighted by molar-refractivity contribution is 7.89. The Bertz CT molecular complexity index is 920. The highest BCUT2D eigenvalue weighted by Crippen LogP contribution is 2.23. The first-order chi connectivity index (χ1) is 14.0. The van der Waals surface area contributed by atoms with Crippen LogP contribution in [-0.4, -0.2) is 64.3 Å². The minimum atomic E-state index is -3.49. The third-order valence-corrected chi connectivity index (χ3v) is 9.28. The number of amides is 1. The van der Waals surface area contributed by atoms with E-state index in [1.54, 1.807) is 12.1 Å². The fourth-order valence-corrected chi connectivity index (χ4v) is 5.99. The molecule has 1 aliphatic heterocycles. The van der Waals surface area contributed by atoms with Crippen LogP contribution >= 0.6 is 0 Å². The van der Waals surface area contributed by atoms with Crippen molar-refractivity contribution in [2.24, 2.45) is 5.92 Å². The van der Waals surface area contributed by atoms with Gasteiger partial charge in [-0.05, 0) is 43.9 Å². The lowest BCUT2D eigenvalue weighted by Crippen LogP contribution is -2.44.